The minimum atomic E-state index is -0.510. The molecule has 1 heterocycles. The van der Waals surface area contributed by atoms with Gasteiger partial charge in [-0.2, -0.15) is 0 Å². The van der Waals surface area contributed by atoms with E-state index in [9.17, 15) is 5.11 Å². The highest BCUT2D eigenvalue weighted by Crippen LogP contribution is 2.36. The van der Waals surface area contributed by atoms with E-state index in [-0.39, 0.29) is 6.04 Å². The Morgan fingerprint density at radius 2 is 2.22 bits per heavy atom. The summed E-state index contributed by atoms with van der Waals surface area (Å²) in [4.78, 5) is 0. The maximum Gasteiger partial charge on any atom is 0.0909 e. The van der Waals surface area contributed by atoms with Crippen LogP contribution in [0.3, 0.4) is 0 Å². The van der Waals surface area contributed by atoms with E-state index >= 15 is 0 Å². The zero-order valence-corrected chi connectivity index (χ0v) is 14.3. The van der Waals surface area contributed by atoms with Gasteiger partial charge in [-0.05, 0) is 44.0 Å². The number of aryl methyl sites for hydroxylation is 1. The van der Waals surface area contributed by atoms with E-state index in [1.54, 1.807) is 0 Å². The largest absolute Gasteiger partial charge is 0.389 e. The van der Waals surface area contributed by atoms with Crippen LogP contribution in [0.25, 0.3) is 10.9 Å². The van der Waals surface area contributed by atoms with Gasteiger partial charge in [-0.3, -0.25) is 0 Å². The van der Waals surface area contributed by atoms with Gasteiger partial charge in [0.25, 0.3) is 0 Å². The van der Waals surface area contributed by atoms with Crippen LogP contribution in [-0.2, 0) is 0 Å². The minimum Gasteiger partial charge on any atom is -0.389 e. The molecule has 1 unspecified atom stereocenters. The predicted molar refractivity (Wildman–Crippen MR) is 97.1 cm³/mol. The fraction of sp³-hybridized carbons (Fsp3) is 0.368. The van der Waals surface area contributed by atoms with Crippen LogP contribution >= 0.6 is 11.6 Å². The number of allylic oxidation sites excluding steroid dienone is 3. The molecule has 0 radical (unpaired) electrons. The number of rotatable bonds is 5. The molecule has 4 heteroatoms. The Hall–Kier alpha value is -1.55. The van der Waals surface area contributed by atoms with Gasteiger partial charge in [-0.1, -0.05) is 42.0 Å². The fourth-order valence-electron chi connectivity index (χ4n) is 3.46. The van der Waals surface area contributed by atoms with Crippen LogP contribution in [-0.4, -0.2) is 29.4 Å². The lowest BCUT2D eigenvalue weighted by molar-refractivity contribution is 0.129. The van der Waals surface area contributed by atoms with E-state index < -0.39 is 6.10 Å². The molecule has 0 saturated carbocycles. The lowest BCUT2D eigenvalue weighted by Crippen LogP contribution is -2.34. The monoisotopic (exact) mass is 330 g/mol. The van der Waals surface area contributed by atoms with Gasteiger partial charge in [0.05, 0.1) is 22.7 Å². The lowest BCUT2D eigenvalue weighted by atomic mass is 9.93. The second-order valence-electron chi connectivity index (χ2n) is 6.13. The van der Waals surface area contributed by atoms with Gasteiger partial charge in [-0.15, -0.1) is 0 Å². The summed E-state index contributed by atoms with van der Waals surface area (Å²) in [5.74, 6) is 0. The molecule has 0 bridgehead atoms. The van der Waals surface area contributed by atoms with Gasteiger partial charge in [0.2, 0.25) is 0 Å². The van der Waals surface area contributed by atoms with E-state index in [1.807, 2.05) is 19.2 Å². The van der Waals surface area contributed by atoms with Crippen LogP contribution < -0.4 is 5.32 Å². The molecule has 3 nitrogen and oxygen atoms in total. The third kappa shape index (κ3) is 3.09. The standard InChI is InChI=1S/C19H23ClN2O/c1-13-12-22(19-15(13)9-6-10-16(19)20)18(17(23)11-21-2)14-7-4-3-5-8-14/h3-4,6-7,9-10,12,17-18,21,23H,5,8,11H2,1-2H3/t17?,18-/m0/s1. The normalized spacial score (nSPS) is 17.3. The summed E-state index contributed by atoms with van der Waals surface area (Å²) in [7, 11) is 1.86. The molecule has 2 aromatic rings. The number of aromatic nitrogens is 1. The number of nitrogens with zero attached hydrogens (tertiary/aromatic N) is 1. The summed E-state index contributed by atoms with van der Waals surface area (Å²) in [5, 5.41) is 15.7. The van der Waals surface area contributed by atoms with E-state index in [0.717, 1.165) is 28.8 Å². The molecule has 0 aliphatic heterocycles. The Balaban J connectivity index is 2.17. The first-order chi connectivity index (χ1) is 11.1. The molecule has 0 fully saturated rings. The smallest absolute Gasteiger partial charge is 0.0909 e. The second-order valence-corrected chi connectivity index (χ2v) is 6.54. The van der Waals surface area contributed by atoms with E-state index in [1.165, 1.54) is 11.1 Å². The fourth-order valence-corrected chi connectivity index (χ4v) is 3.73. The van der Waals surface area contributed by atoms with Crippen LogP contribution in [0.5, 0.6) is 0 Å². The van der Waals surface area contributed by atoms with Crippen molar-refractivity contribution in [3.05, 3.63) is 58.8 Å². The number of halogens is 1. The number of hydrogen-bond acceptors (Lipinski definition) is 2. The zero-order valence-electron chi connectivity index (χ0n) is 13.6. The molecule has 0 amide bonds. The van der Waals surface area contributed by atoms with Gasteiger partial charge >= 0.3 is 0 Å². The molecule has 1 aromatic heterocycles. The van der Waals surface area contributed by atoms with Crippen LogP contribution in [0.4, 0.5) is 0 Å². The zero-order chi connectivity index (χ0) is 16.4. The quantitative estimate of drug-likeness (QED) is 0.869. The highest BCUT2D eigenvalue weighted by atomic mass is 35.5. The molecule has 122 valence electrons. The maximum absolute atomic E-state index is 10.8. The van der Waals surface area contributed by atoms with Crippen molar-refractivity contribution in [2.75, 3.05) is 13.6 Å². The lowest BCUT2D eigenvalue weighted by Gasteiger charge is -2.29. The van der Waals surface area contributed by atoms with Gasteiger partial charge < -0.3 is 15.0 Å². The van der Waals surface area contributed by atoms with Gasteiger partial charge in [-0.25, -0.2) is 0 Å². The van der Waals surface area contributed by atoms with Crippen molar-refractivity contribution in [2.24, 2.45) is 0 Å². The van der Waals surface area contributed by atoms with Crippen molar-refractivity contribution in [1.29, 1.82) is 0 Å². The van der Waals surface area contributed by atoms with Crippen molar-refractivity contribution in [2.45, 2.75) is 31.9 Å². The van der Waals surface area contributed by atoms with Gasteiger partial charge in [0.1, 0.15) is 0 Å². The average Bonchev–Trinajstić information content (AvgIpc) is 2.87. The molecular formula is C19H23ClN2O. The molecule has 1 aromatic carbocycles. The van der Waals surface area contributed by atoms with Crippen LogP contribution in [0.15, 0.2) is 48.2 Å². The van der Waals surface area contributed by atoms with Crippen LogP contribution in [0, 0.1) is 6.92 Å². The second kappa shape index (κ2) is 6.91. The number of aliphatic hydroxyl groups is 1. The Bertz CT molecular complexity index is 760. The highest BCUT2D eigenvalue weighted by Gasteiger charge is 2.27. The molecule has 0 saturated heterocycles. The predicted octanol–water partition coefficient (Wildman–Crippen LogP) is 4.00. The van der Waals surface area contributed by atoms with E-state index in [2.05, 4.69) is 47.3 Å². The molecule has 3 rings (SSSR count). The minimum absolute atomic E-state index is 0.108. The first-order valence-corrected chi connectivity index (χ1v) is 8.45. The maximum atomic E-state index is 10.8. The molecule has 2 atom stereocenters. The molecular weight excluding hydrogens is 308 g/mol. The van der Waals surface area contributed by atoms with Crippen molar-refractivity contribution >= 4 is 22.5 Å². The third-order valence-corrected chi connectivity index (χ3v) is 4.81. The van der Waals surface area contributed by atoms with E-state index in [0.29, 0.717) is 6.54 Å². The van der Waals surface area contributed by atoms with Crippen molar-refractivity contribution in [3.8, 4) is 0 Å². The number of likely N-dealkylation sites (N-methyl/N-ethyl adjacent to an activating group) is 1. The third-order valence-electron chi connectivity index (χ3n) is 4.51. The van der Waals surface area contributed by atoms with Crippen LogP contribution in [0.2, 0.25) is 5.02 Å². The van der Waals surface area contributed by atoms with Gasteiger partial charge in [0.15, 0.2) is 0 Å². The summed E-state index contributed by atoms with van der Waals surface area (Å²) in [5.41, 5.74) is 3.42. The number of benzene rings is 1. The number of nitrogens with one attached hydrogen (secondary N) is 1. The summed E-state index contributed by atoms with van der Waals surface area (Å²) in [6, 6.07) is 5.87. The summed E-state index contributed by atoms with van der Waals surface area (Å²) < 4.78 is 2.15. The number of para-hydroxylation sites is 1. The molecule has 23 heavy (non-hydrogen) atoms. The van der Waals surface area contributed by atoms with Crippen molar-refractivity contribution in [3.63, 3.8) is 0 Å². The number of fused-ring (bicyclic) bond motifs is 1. The van der Waals surface area contributed by atoms with Crippen molar-refractivity contribution in [1.82, 2.24) is 9.88 Å². The van der Waals surface area contributed by atoms with E-state index in [4.69, 9.17) is 11.6 Å². The molecule has 0 spiro atoms. The van der Waals surface area contributed by atoms with Crippen LogP contribution in [0.1, 0.15) is 24.4 Å². The number of hydrogen-bond donors (Lipinski definition) is 2. The summed E-state index contributed by atoms with van der Waals surface area (Å²) in [6.45, 7) is 2.63. The van der Waals surface area contributed by atoms with Gasteiger partial charge in [0, 0.05) is 18.1 Å². The molecule has 1 aliphatic carbocycles. The SMILES string of the molecule is CNCC(O)[C@H](C1=CC=CCC1)n1cc(C)c2cccc(Cl)c21. The van der Waals surface area contributed by atoms with Crippen molar-refractivity contribution < 1.29 is 5.11 Å². The Labute approximate surface area is 142 Å². The molecule has 1 aliphatic rings. The Kier molecular flexibility index (Phi) is 4.90. The first kappa shape index (κ1) is 16.3. The molecule has 2 N–H and O–H groups in total. The Morgan fingerprint density at radius 1 is 1.39 bits per heavy atom. The first-order valence-electron chi connectivity index (χ1n) is 8.07. The average molecular weight is 331 g/mol. The summed E-state index contributed by atoms with van der Waals surface area (Å²) >= 11 is 6.49. The highest BCUT2D eigenvalue weighted by molar-refractivity contribution is 6.35. The Morgan fingerprint density at radius 3 is 2.91 bits per heavy atom. The summed E-state index contributed by atoms with van der Waals surface area (Å²) in [6.07, 6.45) is 9.95. The number of aliphatic hydroxyl groups excluding tert-OH is 1. The topological polar surface area (TPSA) is 37.2 Å².